The van der Waals surface area contributed by atoms with Crippen LogP contribution in [0.2, 0.25) is 0 Å². The number of rotatable bonds is 5. The summed E-state index contributed by atoms with van der Waals surface area (Å²) in [6.45, 7) is 1.48. The second-order valence-corrected chi connectivity index (χ2v) is 7.39. The molecule has 0 fully saturated rings. The Balaban J connectivity index is 1.33. The van der Waals surface area contributed by atoms with E-state index in [1.807, 2.05) is 59.5 Å². The van der Waals surface area contributed by atoms with Crippen LogP contribution in [-0.4, -0.2) is 32.1 Å². The first-order chi connectivity index (χ1) is 14.8. The highest BCUT2D eigenvalue weighted by atomic mass is 16.4. The molecule has 0 N–H and O–H groups in total. The third kappa shape index (κ3) is 3.52. The van der Waals surface area contributed by atoms with Gasteiger partial charge in [-0.3, -0.25) is 4.79 Å². The molecule has 2 aromatic heterocycles. The monoisotopic (exact) mass is 398 g/mol. The first-order valence-corrected chi connectivity index (χ1v) is 10.2. The maximum Gasteiger partial charge on any atom is 0.247 e. The molecule has 0 radical (unpaired) electrons. The van der Waals surface area contributed by atoms with Gasteiger partial charge >= 0.3 is 0 Å². The fraction of sp³-hybridized carbons (Fsp3) is 0.208. The Bertz CT molecular complexity index is 1130. The molecular formula is C24H22N4O2. The summed E-state index contributed by atoms with van der Waals surface area (Å²) in [7, 11) is 0. The van der Waals surface area contributed by atoms with Gasteiger partial charge in [0.2, 0.25) is 17.7 Å². The fourth-order valence-electron chi connectivity index (χ4n) is 4.05. The molecule has 6 nitrogen and oxygen atoms in total. The number of carbonyl (C=O) groups is 1. The lowest BCUT2D eigenvalue weighted by atomic mass is 9.99. The van der Waals surface area contributed by atoms with Crippen LogP contribution < -0.4 is 0 Å². The van der Waals surface area contributed by atoms with Crippen LogP contribution >= 0.6 is 0 Å². The summed E-state index contributed by atoms with van der Waals surface area (Å²) in [6, 6.07) is 23.9. The van der Waals surface area contributed by atoms with Gasteiger partial charge in [-0.1, -0.05) is 48.5 Å². The molecule has 150 valence electrons. The third-order valence-corrected chi connectivity index (χ3v) is 5.51. The summed E-state index contributed by atoms with van der Waals surface area (Å²) in [6.07, 6.45) is 2.84. The number of hydrogen-bond donors (Lipinski definition) is 0. The van der Waals surface area contributed by atoms with E-state index in [1.54, 1.807) is 0 Å². The van der Waals surface area contributed by atoms with Crippen LogP contribution in [0.15, 0.2) is 83.4 Å². The van der Waals surface area contributed by atoms with Gasteiger partial charge in [-0.2, -0.15) is 0 Å². The SMILES string of the molecule is O=C(CCc1nnc(-c2ccccc2)o1)N1CCn2cccc2C1c1ccccc1. The molecule has 0 bridgehead atoms. The molecule has 0 aliphatic carbocycles. The van der Waals surface area contributed by atoms with E-state index in [4.69, 9.17) is 4.42 Å². The molecule has 0 saturated heterocycles. The Morgan fingerprint density at radius 2 is 1.70 bits per heavy atom. The molecule has 0 spiro atoms. The quantitative estimate of drug-likeness (QED) is 0.508. The molecule has 4 aromatic rings. The van der Waals surface area contributed by atoms with Crippen LogP contribution in [0.3, 0.4) is 0 Å². The van der Waals surface area contributed by atoms with E-state index in [0.29, 0.717) is 31.2 Å². The number of hydrogen-bond acceptors (Lipinski definition) is 4. The summed E-state index contributed by atoms with van der Waals surface area (Å²) >= 11 is 0. The lowest BCUT2D eigenvalue weighted by Gasteiger charge is -2.37. The Hall–Kier alpha value is -3.67. The van der Waals surface area contributed by atoms with Crippen LogP contribution in [0.1, 0.15) is 29.6 Å². The molecule has 1 amide bonds. The molecule has 30 heavy (non-hydrogen) atoms. The highest BCUT2D eigenvalue weighted by molar-refractivity contribution is 5.77. The van der Waals surface area contributed by atoms with E-state index < -0.39 is 0 Å². The van der Waals surface area contributed by atoms with Crippen LogP contribution in [0.4, 0.5) is 0 Å². The van der Waals surface area contributed by atoms with E-state index in [0.717, 1.165) is 23.4 Å². The van der Waals surface area contributed by atoms with Crippen molar-refractivity contribution in [1.82, 2.24) is 19.7 Å². The highest BCUT2D eigenvalue weighted by Crippen LogP contribution is 2.33. The van der Waals surface area contributed by atoms with Crippen molar-refractivity contribution in [2.45, 2.75) is 25.4 Å². The first-order valence-electron chi connectivity index (χ1n) is 10.2. The van der Waals surface area contributed by atoms with Gasteiger partial charge in [0.25, 0.3) is 0 Å². The Kier molecular flexibility index (Phi) is 4.89. The average molecular weight is 398 g/mol. The standard InChI is InChI=1S/C24H22N4O2/c29-22(14-13-21-25-26-24(30-21)19-10-5-2-6-11-19)28-17-16-27-15-7-12-20(27)23(28)18-8-3-1-4-9-18/h1-12,15,23H,13-14,16-17H2. The summed E-state index contributed by atoms with van der Waals surface area (Å²) in [5, 5.41) is 8.24. The van der Waals surface area contributed by atoms with Crippen molar-refractivity contribution in [3.63, 3.8) is 0 Å². The van der Waals surface area contributed by atoms with Gasteiger partial charge in [-0.05, 0) is 29.8 Å². The van der Waals surface area contributed by atoms with E-state index in [-0.39, 0.29) is 11.9 Å². The summed E-state index contributed by atoms with van der Waals surface area (Å²) in [5.74, 6) is 1.06. The zero-order valence-corrected chi connectivity index (χ0v) is 16.5. The van der Waals surface area contributed by atoms with Crippen molar-refractivity contribution in [3.05, 3.63) is 96.1 Å². The van der Waals surface area contributed by atoms with Crippen LogP contribution in [0, 0.1) is 0 Å². The highest BCUT2D eigenvalue weighted by Gasteiger charge is 2.31. The van der Waals surface area contributed by atoms with Gasteiger partial charge in [-0.15, -0.1) is 10.2 Å². The number of fused-ring (bicyclic) bond motifs is 1. The Labute approximate surface area is 174 Å². The predicted octanol–water partition coefficient (Wildman–Crippen LogP) is 4.10. The molecule has 1 atom stereocenters. The van der Waals surface area contributed by atoms with Gasteiger partial charge in [0.05, 0.1) is 6.04 Å². The zero-order chi connectivity index (χ0) is 20.3. The molecule has 3 heterocycles. The lowest BCUT2D eigenvalue weighted by molar-refractivity contribution is -0.134. The van der Waals surface area contributed by atoms with Gasteiger partial charge < -0.3 is 13.9 Å². The molecular weight excluding hydrogens is 376 g/mol. The fourth-order valence-corrected chi connectivity index (χ4v) is 4.05. The van der Waals surface area contributed by atoms with Crippen molar-refractivity contribution >= 4 is 5.91 Å². The minimum absolute atomic E-state index is 0.0787. The first kappa shape index (κ1) is 18.4. The maximum atomic E-state index is 13.2. The molecule has 1 unspecified atom stereocenters. The van der Waals surface area contributed by atoms with E-state index >= 15 is 0 Å². The summed E-state index contributed by atoms with van der Waals surface area (Å²) in [4.78, 5) is 15.2. The zero-order valence-electron chi connectivity index (χ0n) is 16.5. The topological polar surface area (TPSA) is 64.2 Å². The van der Waals surface area contributed by atoms with Gasteiger partial charge in [-0.25, -0.2) is 0 Å². The molecule has 2 aromatic carbocycles. The van der Waals surface area contributed by atoms with Crippen molar-refractivity contribution in [1.29, 1.82) is 0 Å². The van der Waals surface area contributed by atoms with E-state index in [2.05, 4.69) is 39.2 Å². The smallest absolute Gasteiger partial charge is 0.247 e. The van der Waals surface area contributed by atoms with Crippen LogP contribution in [0.5, 0.6) is 0 Å². The molecule has 1 aliphatic heterocycles. The van der Waals surface area contributed by atoms with Gasteiger partial charge in [0.1, 0.15) is 0 Å². The van der Waals surface area contributed by atoms with E-state index in [1.165, 1.54) is 0 Å². The minimum Gasteiger partial charge on any atom is -0.421 e. The normalized spacial score (nSPS) is 15.7. The van der Waals surface area contributed by atoms with E-state index in [9.17, 15) is 4.79 Å². The number of aryl methyl sites for hydroxylation is 1. The second kappa shape index (κ2) is 7.99. The number of aromatic nitrogens is 3. The van der Waals surface area contributed by atoms with Crippen molar-refractivity contribution in [3.8, 4) is 11.5 Å². The van der Waals surface area contributed by atoms with Crippen LogP contribution in [0.25, 0.3) is 11.5 Å². The largest absolute Gasteiger partial charge is 0.421 e. The molecule has 5 rings (SSSR count). The number of benzene rings is 2. The van der Waals surface area contributed by atoms with Crippen molar-refractivity contribution in [2.24, 2.45) is 0 Å². The minimum atomic E-state index is -0.0787. The Morgan fingerprint density at radius 3 is 2.50 bits per heavy atom. The number of carbonyl (C=O) groups excluding carboxylic acids is 1. The lowest BCUT2D eigenvalue weighted by Crippen LogP contribution is -2.42. The van der Waals surface area contributed by atoms with Gasteiger partial charge in [0.15, 0.2) is 0 Å². The maximum absolute atomic E-state index is 13.2. The summed E-state index contributed by atoms with van der Waals surface area (Å²) in [5.41, 5.74) is 3.14. The number of nitrogens with zero attached hydrogens (tertiary/aromatic N) is 4. The number of amides is 1. The second-order valence-electron chi connectivity index (χ2n) is 7.39. The third-order valence-electron chi connectivity index (χ3n) is 5.51. The van der Waals surface area contributed by atoms with Gasteiger partial charge in [0, 0.05) is 43.4 Å². The summed E-state index contributed by atoms with van der Waals surface area (Å²) < 4.78 is 7.99. The predicted molar refractivity (Wildman–Crippen MR) is 112 cm³/mol. The molecule has 6 heteroatoms. The average Bonchev–Trinajstić information content (AvgIpc) is 3.47. The molecule has 1 aliphatic rings. The van der Waals surface area contributed by atoms with Crippen LogP contribution in [-0.2, 0) is 17.8 Å². The molecule has 0 saturated carbocycles. The Morgan fingerprint density at radius 1 is 0.933 bits per heavy atom. The van der Waals surface area contributed by atoms with Crippen molar-refractivity contribution < 1.29 is 9.21 Å². The van der Waals surface area contributed by atoms with Crippen molar-refractivity contribution in [2.75, 3.05) is 6.54 Å².